The molecule has 94 valence electrons. The largest absolute Gasteiger partial charge is 0.507 e. The van der Waals surface area contributed by atoms with E-state index in [-0.39, 0.29) is 11.3 Å². The number of rotatable bonds is 6. The second kappa shape index (κ2) is 6.89. The maximum atomic E-state index is 12.9. The molecule has 3 nitrogen and oxygen atoms in total. The minimum atomic E-state index is -0.529. The minimum absolute atomic E-state index is 0.0134. The number of halogens is 1. The highest BCUT2D eigenvalue weighted by Crippen LogP contribution is 2.17. The molecule has 0 aliphatic heterocycles. The molecule has 0 atom stereocenters. The molecule has 0 saturated carbocycles. The summed E-state index contributed by atoms with van der Waals surface area (Å²) in [5.41, 5.74) is -0.0134. The van der Waals surface area contributed by atoms with E-state index >= 15 is 0 Å². The van der Waals surface area contributed by atoms with Gasteiger partial charge in [-0.2, -0.15) is 0 Å². The zero-order chi connectivity index (χ0) is 12.7. The molecule has 17 heavy (non-hydrogen) atoms. The summed E-state index contributed by atoms with van der Waals surface area (Å²) in [6.45, 7) is 2.66. The number of carbonyl (C=O) groups is 1. The van der Waals surface area contributed by atoms with Gasteiger partial charge in [0.05, 0.1) is 5.56 Å². The molecule has 1 aromatic carbocycles. The van der Waals surface area contributed by atoms with Gasteiger partial charge in [-0.3, -0.25) is 4.79 Å². The lowest BCUT2D eigenvalue weighted by molar-refractivity contribution is 0.0950. The Morgan fingerprint density at radius 3 is 2.82 bits per heavy atom. The number of amides is 1. The van der Waals surface area contributed by atoms with Crippen molar-refractivity contribution in [3.63, 3.8) is 0 Å². The van der Waals surface area contributed by atoms with E-state index in [2.05, 4.69) is 12.2 Å². The van der Waals surface area contributed by atoms with Crippen molar-refractivity contribution in [1.29, 1.82) is 0 Å². The van der Waals surface area contributed by atoms with Gasteiger partial charge < -0.3 is 10.4 Å². The van der Waals surface area contributed by atoms with E-state index in [4.69, 9.17) is 0 Å². The Balaban J connectivity index is 2.44. The van der Waals surface area contributed by atoms with Gasteiger partial charge in [-0.05, 0) is 24.6 Å². The lowest BCUT2D eigenvalue weighted by Gasteiger charge is -2.06. The molecule has 0 fully saturated rings. The zero-order valence-electron chi connectivity index (χ0n) is 10.0. The van der Waals surface area contributed by atoms with Crippen molar-refractivity contribution in [2.45, 2.75) is 32.6 Å². The molecular formula is C13H18FNO2. The third kappa shape index (κ3) is 4.43. The number of nitrogens with one attached hydrogen (secondary N) is 1. The normalized spacial score (nSPS) is 10.2. The molecule has 0 radical (unpaired) electrons. The first-order valence-electron chi connectivity index (χ1n) is 5.92. The summed E-state index contributed by atoms with van der Waals surface area (Å²) in [7, 11) is 0. The van der Waals surface area contributed by atoms with E-state index in [9.17, 15) is 14.3 Å². The topological polar surface area (TPSA) is 49.3 Å². The van der Waals surface area contributed by atoms with Crippen LogP contribution in [0.5, 0.6) is 5.75 Å². The van der Waals surface area contributed by atoms with Crippen LogP contribution in [0.15, 0.2) is 18.2 Å². The van der Waals surface area contributed by atoms with Gasteiger partial charge in [-0.1, -0.05) is 26.2 Å². The molecule has 0 heterocycles. The Morgan fingerprint density at radius 1 is 1.35 bits per heavy atom. The van der Waals surface area contributed by atoms with E-state index in [1.807, 2.05) is 0 Å². The van der Waals surface area contributed by atoms with E-state index in [1.54, 1.807) is 0 Å². The fourth-order valence-corrected chi connectivity index (χ4v) is 1.54. The van der Waals surface area contributed by atoms with E-state index in [0.29, 0.717) is 6.54 Å². The van der Waals surface area contributed by atoms with Crippen LogP contribution in [0.25, 0.3) is 0 Å². The first kappa shape index (κ1) is 13.5. The molecule has 0 spiro atoms. The summed E-state index contributed by atoms with van der Waals surface area (Å²) in [5, 5.41) is 12.1. The molecule has 0 aliphatic rings. The molecule has 0 aliphatic carbocycles. The van der Waals surface area contributed by atoms with Crippen LogP contribution in [-0.4, -0.2) is 17.6 Å². The number of benzene rings is 1. The molecule has 0 aromatic heterocycles. The predicted octanol–water partition coefficient (Wildman–Crippen LogP) is 2.84. The highest BCUT2D eigenvalue weighted by Gasteiger charge is 2.11. The average Bonchev–Trinajstić information content (AvgIpc) is 2.32. The second-order valence-corrected chi connectivity index (χ2v) is 3.98. The number of carbonyl (C=O) groups excluding carboxylic acids is 1. The van der Waals surface area contributed by atoms with Gasteiger partial charge in [0.25, 0.3) is 5.91 Å². The van der Waals surface area contributed by atoms with Crippen LogP contribution in [0.1, 0.15) is 43.0 Å². The van der Waals surface area contributed by atoms with E-state index in [1.165, 1.54) is 6.07 Å². The van der Waals surface area contributed by atoms with Crippen molar-refractivity contribution in [3.05, 3.63) is 29.6 Å². The molecule has 1 amide bonds. The molecule has 4 heteroatoms. The van der Waals surface area contributed by atoms with Crippen molar-refractivity contribution in [2.24, 2.45) is 0 Å². The number of phenols is 1. The predicted molar refractivity (Wildman–Crippen MR) is 64.5 cm³/mol. The van der Waals surface area contributed by atoms with Gasteiger partial charge in [-0.15, -0.1) is 0 Å². The molecule has 0 bridgehead atoms. The number of hydrogen-bond donors (Lipinski definition) is 2. The fraction of sp³-hybridized carbons (Fsp3) is 0.462. The molecular weight excluding hydrogens is 221 g/mol. The first-order valence-corrected chi connectivity index (χ1v) is 5.92. The zero-order valence-corrected chi connectivity index (χ0v) is 10.0. The lowest BCUT2D eigenvalue weighted by atomic mass is 10.1. The number of aromatic hydroxyl groups is 1. The molecule has 0 unspecified atom stereocenters. The van der Waals surface area contributed by atoms with Gasteiger partial charge in [-0.25, -0.2) is 4.39 Å². The smallest absolute Gasteiger partial charge is 0.255 e. The van der Waals surface area contributed by atoms with Gasteiger partial charge in [0, 0.05) is 6.54 Å². The van der Waals surface area contributed by atoms with Crippen LogP contribution < -0.4 is 5.32 Å². The SMILES string of the molecule is CCCCCCNC(=O)c1cc(F)ccc1O. The van der Waals surface area contributed by atoms with Crippen molar-refractivity contribution < 1.29 is 14.3 Å². The molecule has 2 N–H and O–H groups in total. The Kier molecular flexibility index (Phi) is 5.46. The monoisotopic (exact) mass is 239 g/mol. The van der Waals surface area contributed by atoms with Crippen molar-refractivity contribution in [3.8, 4) is 5.75 Å². The summed E-state index contributed by atoms with van der Waals surface area (Å²) >= 11 is 0. The first-order chi connectivity index (χ1) is 8.15. The maximum absolute atomic E-state index is 12.9. The Morgan fingerprint density at radius 2 is 2.12 bits per heavy atom. The summed E-state index contributed by atoms with van der Waals surface area (Å²) in [6, 6.07) is 3.34. The lowest BCUT2D eigenvalue weighted by Crippen LogP contribution is -2.24. The third-order valence-electron chi connectivity index (χ3n) is 2.52. The third-order valence-corrected chi connectivity index (χ3v) is 2.52. The quantitative estimate of drug-likeness (QED) is 0.750. The van der Waals surface area contributed by atoms with Crippen molar-refractivity contribution in [1.82, 2.24) is 5.32 Å². The molecule has 0 saturated heterocycles. The number of hydrogen-bond acceptors (Lipinski definition) is 2. The number of phenolic OH excluding ortho intramolecular Hbond substituents is 1. The highest BCUT2D eigenvalue weighted by molar-refractivity contribution is 5.96. The standard InChI is InChI=1S/C13H18FNO2/c1-2-3-4-5-8-15-13(17)11-9-10(14)6-7-12(11)16/h6-7,9,16H,2-5,8H2,1H3,(H,15,17). The summed E-state index contributed by atoms with van der Waals surface area (Å²) < 4.78 is 12.9. The Labute approximate surface area is 101 Å². The summed E-state index contributed by atoms with van der Waals surface area (Å²) in [5.74, 6) is -1.16. The Hall–Kier alpha value is -1.58. The summed E-state index contributed by atoms with van der Waals surface area (Å²) in [6.07, 6.45) is 4.24. The Bertz CT molecular complexity index is 380. The average molecular weight is 239 g/mol. The van der Waals surface area contributed by atoms with Gasteiger partial charge in [0.1, 0.15) is 11.6 Å². The fourth-order valence-electron chi connectivity index (χ4n) is 1.54. The van der Waals surface area contributed by atoms with Crippen molar-refractivity contribution in [2.75, 3.05) is 6.54 Å². The van der Waals surface area contributed by atoms with Crippen LogP contribution in [0.3, 0.4) is 0 Å². The van der Waals surface area contributed by atoms with Crippen LogP contribution in [-0.2, 0) is 0 Å². The van der Waals surface area contributed by atoms with Gasteiger partial charge in [0.2, 0.25) is 0 Å². The van der Waals surface area contributed by atoms with Gasteiger partial charge >= 0.3 is 0 Å². The van der Waals surface area contributed by atoms with E-state index in [0.717, 1.165) is 37.8 Å². The van der Waals surface area contributed by atoms with Crippen LogP contribution in [0, 0.1) is 5.82 Å². The highest BCUT2D eigenvalue weighted by atomic mass is 19.1. The van der Waals surface area contributed by atoms with Crippen LogP contribution >= 0.6 is 0 Å². The van der Waals surface area contributed by atoms with Crippen molar-refractivity contribution >= 4 is 5.91 Å². The molecule has 1 rings (SSSR count). The van der Waals surface area contributed by atoms with Crippen LogP contribution in [0.4, 0.5) is 4.39 Å². The van der Waals surface area contributed by atoms with Gasteiger partial charge in [0.15, 0.2) is 0 Å². The maximum Gasteiger partial charge on any atom is 0.255 e. The second-order valence-electron chi connectivity index (χ2n) is 3.98. The summed E-state index contributed by atoms with van der Waals surface area (Å²) in [4.78, 5) is 11.6. The molecule has 1 aromatic rings. The van der Waals surface area contributed by atoms with E-state index < -0.39 is 11.7 Å². The van der Waals surface area contributed by atoms with Crippen LogP contribution in [0.2, 0.25) is 0 Å². The number of unbranched alkanes of at least 4 members (excludes halogenated alkanes) is 3. The minimum Gasteiger partial charge on any atom is -0.507 e.